The molecule has 0 amide bonds. The minimum atomic E-state index is -3.37. The zero-order valence-electron chi connectivity index (χ0n) is 33.1. The first-order valence-corrected chi connectivity index (χ1v) is 25.8. The standard InChI is InChI=1S/3C15H23.O3P.3Sn/c3*1-2-3-4-5-6-7-9-12-15-13-10-8-11-14-15;1-4(2)3;;;/h3*8,10-11,13H,2-7,9,12H2,1H3;;;;/q;;;-3;3*+1. The first-order chi connectivity index (χ1) is 25.3. The zero-order chi connectivity index (χ0) is 38.5. The molecule has 0 atom stereocenters. The molecule has 0 saturated heterocycles. The summed E-state index contributed by atoms with van der Waals surface area (Å²) in [7, 11) is -3.37. The van der Waals surface area contributed by atoms with Gasteiger partial charge < -0.3 is 23.3 Å². The van der Waals surface area contributed by atoms with Crippen LogP contribution in [-0.2, 0) is 19.3 Å². The summed E-state index contributed by atoms with van der Waals surface area (Å²) >= 11 is 4.67. The van der Waals surface area contributed by atoms with Crippen LogP contribution >= 0.6 is 8.60 Å². The van der Waals surface area contributed by atoms with E-state index in [4.69, 9.17) is 14.7 Å². The third-order valence-corrected chi connectivity index (χ3v) is 13.4. The molecular weight excluding hydrogens is 976 g/mol. The van der Waals surface area contributed by atoms with Gasteiger partial charge in [0.2, 0.25) is 0 Å². The largest absolute Gasteiger partial charge is 0.854 e. The first kappa shape index (κ1) is 52.4. The van der Waals surface area contributed by atoms with E-state index in [1.807, 2.05) is 0 Å². The Morgan fingerprint density at radius 2 is 0.538 bits per heavy atom. The molecule has 3 aromatic carbocycles. The summed E-state index contributed by atoms with van der Waals surface area (Å²) in [6, 6.07) is 26.6. The van der Waals surface area contributed by atoms with E-state index in [1.165, 1.54) is 154 Å². The van der Waals surface area contributed by atoms with E-state index in [1.54, 1.807) is 95.0 Å². The molecule has 0 heterocycles. The molecule has 0 aliphatic heterocycles. The van der Waals surface area contributed by atoms with Crippen LogP contribution in [-0.4, -0.2) is 67.6 Å². The smallest absolute Gasteiger partial charge is 0.438 e. The fourth-order valence-corrected chi connectivity index (χ4v) is 8.64. The molecular formula is C45H69O3PSn3. The van der Waals surface area contributed by atoms with E-state index < -0.39 is 8.60 Å². The summed E-state index contributed by atoms with van der Waals surface area (Å²) in [5.41, 5.74) is 4.73. The van der Waals surface area contributed by atoms with Crippen molar-refractivity contribution in [3.8, 4) is 0 Å². The Morgan fingerprint density at radius 1 is 0.346 bits per heavy atom. The monoisotopic (exact) mass is 1050 g/mol. The van der Waals surface area contributed by atoms with E-state index in [-0.39, 0.29) is 0 Å². The van der Waals surface area contributed by atoms with Crippen LogP contribution in [0, 0.1) is 0 Å². The topological polar surface area (TPSA) is 69.2 Å². The minimum Gasteiger partial charge on any atom is -0.854 e. The summed E-state index contributed by atoms with van der Waals surface area (Å²) in [5.74, 6) is 0. The van der Waals surface area contributed by atoms with Gasteiger partial charge in [-0.1, -0.05) is 0 Å². The van der Waals surface area contributed by atoms with Crippen molar-refractivity contribution >= 4 is 86.9 Å². The van der Waals surface area contributed by atoms with Crippen LogP contribution in [0.4, 0.5) is 0 Å². The van der Waals surface area contributed by atoms with Gasteiger partial charge in [-0.25, -0.2) is 0 Å². The SMILES string of the molecule is CCCCCCCCCc1cccc[c]1[Sn+].CCCCCCCCCc1cccc[c]1[Sn+].CCCCCCCCCc1cccc[c]1[Sn+].[O-]P([O-])[O-]. The van der Waals surface area contributed by atoms with Crippen LogP contribution in [0.15, 0.2) is 72.8 Å². The molecule has 0 fully saturated rings. The van der Waals surface area contributed by atoms with Crippen molar-refractivity contribution in [3.05, 3.63) is 89.5 Å². The van der Waals surface area contributed by atoms with Crippen LogP contribution in [0.25, 0.3) is 0 Å². The Labute approximate surface area is 362 Å². The summed E-state index contributed by atoms with van der Waals surface area (Å²) < 4.78 is 4.63. The third kappa shape index (κ3) is 33.7. The molecule has 0 bridgehead atoms. The molecule has 7 heteroatoms. The fourth-order valence-electron chi connectivity index (χ4n) is 6.03. The van der Waals surface area contributed by atoms with Crippen LogP contribution in [0.1, 0.15) is 172 Å². The van der Waals surface area contributed by atoms with Crippen molar-refractivity contribution in [2.24, 2.45) is 0 Å². The second-order valence-corrected chi connectivity index (χ2v) is 18.9. The van der Waals surface area contributed by atoms with E-state index in [0.29, 0.717) is 0 Å². The van der Waals surface area contributed by atoms with Crippen LogP contribution in [0.3, 0.4) is 0 Å². The molecule has 3 rings (SSSR count). The number of unbranched alkanes of at least 4 members (excludes halogenated alkanes) is 18. The third-order valence-electron chi connectivity index (χ3n) is 9.20. The second-order valence-electron chi connectivity index (χ2n) is 13.8. The first-order valence-electron chi connectivity index (χ1n) is 20.5. The number of rotatable bonds is 24. The Kier molecular flexibility index (Phi) is 39.9. The van der Waals surface area contributed by atoms with Crippen LogP contribution in [0.5, 0.6) is 0 Å². The molecule has 0 unspecified atom stereocenters. The molecule has 3 aromatic rings. The Balaban J connectivity index is 0.000000712. The molecule has 3 nitrogen and oxygen atoms in total. The summed E-state index contributed by atoms with van der Waals surface area (Å²) in [5, 5.41) is 0. The maximum atomic E-state index is 8.48. The maximum Gasteiger partial charge on any atom is -0.438 e. The van der Waals surface area contributed by atoms with Gasteiger partial charge in [0.15, 0.2) is 0 Å². The maximum absolute atomic E-state index is 8.48. The normalized spacial score (nSPS) is 10.4. The predicted octanol–water partition coefficient (Wildman–Crippen LogP) is 8.61. The van der Waals surface area contributed by atoms with Gasteiger partial charge in [0.25, 0.3) is 0 Å². The van der Waals surface area contributed by atoms with Crippen molar-refractivity contribution in [3.63, 3.8) is 0 Å². The van der Waals surface area contributed by atoms with E-state index in [0.717, 1.165) is 0 Å². The van der Waals surface area contributed by atoms with E-state index in [2.05, 4.69) is 93.6 Å². The van der Waals surface area contributed by atoms with Crippen molar-refractivity contribution in [2.45, 2.75) is 175 Å². The average molecular weight is 1050 g/mol. The van der Waals surface area contributed by atoms with Crippen molar-refractivity contribution in [2.75, 3.05) is 0 Å². The van der Waals surface area contributed by atoms with Crippen molar-refractivity contribution < 1.29 is 14.7 Å². The molecule has 0 spiro atoms. The number of benzene rings is 3. The summed E-state index contributed by atoms with van der Waals surface area (Å²) in [4.78, 5) is 25.4. The molecule has 284 valence electrons. The van der Waals surface area contributed by atoms with Gasteiger partial charge in [0, 0.05) is 0 Å². The number of hydrogen-bond acceptors (Lipinski definition) is 3. The van der Waals surface area contributed by atoms with E-state index in [9.17, 15) is 0 Å². The molecule has 0 aliphatic carbocycles. The fraction of sp³-hybridized carbons (Fsp3) is 0.600. The Morgan fingerprint density at radius 3 is 0.750 bits per heavy atom. The predicted molar refractivity (Wildman–Crippen MR) is 228 cm³/mol. The van der Waals surface area contributed by atoms with Gasteiger partial charge in [0.05, 0.1) is 0 Å². The number of hydrogen-bond donors (Lipinski definition) is 0. The summed E-state index contributed by atoms with van der Waals surface area (Å²) in [6.07, 6.45) is 33.4. The molecule has 0 N–H and O–H groups in total. The molecule has 6 radical (unpaired) electrons. The van der Waals surface area contributed by atoms with Gasteiger partial charge in [-0.05, 0) is 0 Å². The minimum absolute atomic E-state index is 1.29. The van der Waals surface area contributed by atoms with Gasteiger partial charge in [-0.15, -0.1) is 0 Å². The number of aryl methyl sites for hydroxylation is 3. The summed E-state index contributed by atoms with van der Waals surface area (Å²) in [6.45, 7) is 6.84. The average Bonchev–Trinajstić information content (AvgIpc) is 3.13. The molecule has 0 aromatic heterocycles. The molecule has 0 aliphatic rings. The van der Waals surface area contributed by atoms with Gasteiger partial charge in [0.1, 0.15) is 0 Å². The Hall–Kier alpha value is 0.366. The van der Waals surface area contributed by atoms with E-state index >= 15 is 0 Å². The second kappa shape index (κ2) is 39.6. The van der Waals surface area contributed by atoms with Gasteiger partial charge >= 0.3 is 343 Å². The molecule has 0 saturated carbocycles. The molecule has 52 heavy (non-hydrogen) atoms. The quantitative estimate of drug-likeness (QED) is 0.0513. The van der Waals surface area contributed by atoms with Crippen LogP contribution in [0.2, 0.25) is 0 Å². The van der Waals surface area contributed by atoms with Gasteiger partial charge in [-0.3, -0.25) is 0 Å². The van der Waals surface area contributed by atoms with Gasteiger partial charge in [-0.2, -0.15) is 0 Å². The van der Waals surface area contributed by atoms with Crippen molar-refractivity contribution in [1.82, 2.24) is 0 Å². The Bertz CT molecular complexity index is 1050. The zero-order valence-corrected chi connectivity index (χ0v) is 42.5. The van der Waals surface area contributed by atoms with Crippen LogP contribution < -0.4 is 25.4 Å². The van der Waals surface area contributed by atoms with Crippen molar-refractivity contribution in [1.29, 1.82) is 0 Å².